The molecule has 1 fully saturated rings. The summed E-state index contributed by atoms with van der Waals surface area (Å²) in [7, 11) is 1.44. The van der Waals surface area contributed by atoms with Crippen molar-refractivity contribution in [2.24, 2.45) is 11.8 Å². The van der Waals surface area contributed by atoms with Crippen LogP contribution in [0.4, 0.5) is 0 Å². The Bertz CT molecular complexity index is 198. The van der Waals surface area contributed by atoms with Crippen molar-refractivity contribution in [1.82, 2.24) is 5.32 Å². The highest BCUT2D eigenvalue weighted by molar-refractivity contribution is 5.69. The molecule has 16 heavy (non-hydrogen) atoms. The number of ether oxygens (including phenoxy) is 1. The van der Waals surface area contributed by atoms with Crippen LogP contribution in [0.25, 0.3) is 0 Å². The molecule has 0 heterocycles. The normalized spacial score (nSPS) is 25.4. The van der Waals surface area contributed by atoms with Crippen molar-refractivity contribution in [3.63, 3.8) is 0 Å². The number of methoxy groups -OCH3 is 1. The summed E-state index contributed by atoms with van der Waals surface area (Å²) in [4.78, 5) is 10.9. The molecule has 94 valence electrons. The molecule has 0 aromatic heterocycles. The van der Waals surface area contributed by atoms with E-state index in [4.69, 9.17) is 0 Å². The van der Waals surface area contributed by atoms with E-state index in [0.29, 0.717) is 6.42 Å². The van der Waals surface area contributed by atoms with Gasteiger partial charge in [-0.2, -0.15) is 0 Å². The minimum Gasteiger partial charge on any atom is -0.469 e. The van der Waals surface area contributed by atoms with Gasteiger partial charge >= 0.3 is 5.97 Å². The minimum atomic E-state index is -0.123. The average molecular weight is 227 g/mol. The molecule has 1 saturated carbocycles. The van der Waals surface area contributed by atoms with Crippen molar-refractivity contribution in [1.29, 1.82) is 0 Å². The van der Waals surface area contributed by atoms with E-state index in [1.54, 1.807) is 0 Å². The standard InChI is InChI=1S/C13H25NO2/c1-3-11-4-6-12(7-5-11)10-14-9-8-13(15)16-2/h11-12,14H,3-10H2,1-2H3. The highest BCUT2D eigenvalue weighted by Gasteiger charge is 2.19. The van der Waals surface area contributed by atoms with Gasteiger partial charge in [0.1, 0.15) is 0 Å². The Morgan fingerprint density at radius 1 is 1.25 bits per heavy atom. The first-order valence-electron chi connectivity index (χ1n) is 6.53. The van der Waals surface area contributed by atoms with Crippen LogP contribution in [0.3, 0.4) is 0 Å². The van der Waals surface area contributed by atoms with Crippen molar-refractivity contribution >= 4 is 5.97 Å². The first-order chi connectivity index (χ1) is 7.76. The van der Waals surface area contributed by atoms with Gasteiger partial charge in [-0.05, 0) is 31.2 Å². The predicted octanol–water partition coefficient (Wildman–Crippen LogP) is 2.36. The lowest BCUT2D eigenvalue weighted by molar-refractivity contribution is -0.140. The Morgan fingerprint density at radius 2 is 1.88 bits per heavy atom. The zero-order valence-corrected chi connectivity index (χ0v) is 10.6. The fourth-order valence-corrected chi connectivity index (χ4v) is 2.44. The van der Waals surface area contributed by atoms with Gasteiger partial charge in [0.25, 0.3) is 0 Å². The molecule has 0 aromatic rings. The number of hydrogen-bond acceptors (Lipinski definition) is 3. The van der Waals surface area contributed by atoms with Gasteiger partial charge in [-0.1, -0.05) is 26.2 Å². The third kappa shape index (κ3) is 4.97. The van der Waals surface area contributed by atoms with Crippen molar-refractivity contribution < 1.29 is 9.53 Å². The third-order valence-corrected chi connectivity index (χ3v) is 3.71. The zero-order chi connectivity index (χ0) is 11.8. The van der Waals surface area contributed by atoms with Crippen LogP contribution >= 0.6 is 0 Å². The molecule has 3 heteroatoms. The molecule has 1 rings (SSSR count). The molecule has 0 amide bonds. The van der Waals surface area contributed by atoms with Crippen LogP contribution in [0, 0.1) is 11.8 Å². The third-order valence-electron chi connectivity index (χ3n) is 3.71. The Hall–Kier alpha value is -0.570. The zero-order valence-electron chi connectivity index (χ0n) is 10.6. The van der Waals surface area contributed by atoms with E-state index in [1.807, 2.05) is 0 Å². The number of rotatable bonds is 6. The van der Waals surface area contributed by atoms with E-state index < -0.39 is 0 Å². The average Bonchev–Trinajstić information content (AvgIpc) is 2.35. The number of hydrogen-bond donors (Lipinski definition) is 1. The summed E-state index contributed by atoms with van der Waals surface area (Å²) in [5, 5.41) is 3.35. The van der Waals surface area contributed by atoms with Gasteiger partial charge in [0, 0.05) is 6.54 Å². The Kier molecular flexibility index (Phi) is 6.46. The Morgan fingerprint density at radius 3 is 2.44 bits per heavy atom. The Labute approximate surface area is 98.9 Å². The maximum absolute atomic E-state index is 10.9. The topological polar surface area (TPSA) is 38.3 Å². The molecule has 0 saturated heterocycles. The molecule has 0 unspecified atom stereocenters. The first-order valence-corrected chi connectivity index (χ1v) is 6.53. The lowest BCUT2D eigenvalue weighted by Crippen LogP contribution is -2.28. The van der Waals surface area contributed by atoms with Crippen LogP contribution in [-0.4, -0.2) is 26.2 Å². The second-order valence-electron chi connectivity index (χ2n) is 4.83. The maximum atomic E-state index is 10.9. The van der Waals surface area contributed by atoms with Crippen LogP contribution < -0.4 is 5.32 Å². The molecule has 1 aliphatic carbocycles. The van der Waals surface area contributed by atoms with Crippen molar-refractivity contribution in [3.05, 3.63) is 0 Å². The van der Waals surface area contributed by atoms with E-state index in [2.05, 4.69) is 17.0 Å². The number of nitrogens with one attached hydrogen (secondary N) is 1. The molecule has 1 aliphatic rings. The SMILES string of the molecule is CCC1CCC(CNCCC(=O)OC)CC1. The minimum absolute atomic E-state index is 0.123. The van der Waals surface area contributed by atoms with E-state index in [-0.39, 0.29) is 5.97 Å². The summed E-state index contributed by atoms with van der Waals surface area (Å²) in [5.74, 6) is 1.66. The number of esters is 1. The fourth-order valence-electron chi connectivity index (χ4n) is 2.44. The van der Waals surface area contributed by atoms with Gasteiger partial charge in [0.2, 0.25) is 0 Å². The predicted molar refractivity (Wildman–Crippen MR) is 65.2 cm³/mol. The summed E-state index contributed by atoms with van der Waals surface area (Å²) in [6.45, 7) is 4.10. The monoisotopic (exact) mass is 227 g/mol. The first kappa shape index (κ1) is 13.5. The van der Waals surface area contributed by atoms with Gasteiger partial charge in [0.15, 0.2) is 0 Å². The summed E-state index contributed by atoms with van der Waals surface area (Å²) < 4.78 is 4.59. The molecule has 0 aliphatic heterocycles. The van der Waals surface area contributed by atoms with Crippen molar-refractivity contribution in [3.8, 4) is 0 Å². The second kappa shape index (κ2) is 7.66. The van der Waals surface area contributed by atoms with Crippen molar-refractivity contribution in [2.75, 3.05) is 20.2 Å². The van der Waals surface area contributed by atoms with Gasteiger partial charge in [0.05, 0.1) is 13.5 Å². The lowest BCUT2D eigenvalue weighted by Gasteiger charge is -2.27. The summed E-state index contributed by atoms with van der Waals surface area (Å²) in [5.41, 5.74) is 0. The highest BCUT2D eigenvalue weighted by Crippen LogP contribution is 2.29. The summed E-state index contributed by atoms with van der Waals surface area (Å²) >= 11 is 0. The molecular weight excluding hydrogens is 202 g/mol. The molecule has 3 nitrogen and oxygen atoms in total. The molecular formula is C13H25NO2. The molecule has 0 bridgehead atoms. The van der Waals surface area contributed by atoms with Crippen molar-refractivity contribution in [2.45, 2.75) is 45.4 Å². The van der Waals surface area contributed by atoms with Crippen LogP contribution in [0.1, 0.15) is 45.4 Å². The van der Waals surface area contributed by atoms with Gasteiger partial charge in [-0.15, -0.1) is 0 Å². The fraction of sp³-hybridized carbons (Fsp3) is 0.923. The van der Waals surface area contributed by atoms with E-state index >= 15 is 0 Å². The van der Waals surface area contributed by atoms with E-state index in [1.165, 1.54) is 39.2 Å². The Balaban J connectivity index is 2.00. The van der Waals surface area contributed by atoms with Crippen LogP contribution in [0.2, 0.25) is 0 Å². The van der Waals surface area contributed by atoms with E-state index in [9.17, 15) is 4.79 Å². The van der Waals surface area contributed by atoms with Crippen LogP contribution in [0.5, 0.6) is 0 Å². The van der Waals surface area contributed by atoms with Crippen LogP contribution in [0.15, 0.2) is 0 Å². The smallest absolute Gasteiger partial charge is 0.306 e. The maximum Gasteiger partial charge on any atom is 0.306 e. The summed E-state index contributed by atoms with van der Waals surface area (Å²) in [6, 6.07) is 0. The lowest BCUT2D eigenvalue weighted by atomic mass is 9.81. The molecule has 1 N–H and O–H groups in total. The second-order valence-corrected chi connectivity index (χ2v) is 4.83. The molecule has 0 aromatic carbocycles. The largest absolute Gasteiger partial charge is 0.469 e. The quantitative estimate of drug-likeness (QED) is 0.559. The van der Waals surface area contributed by atoms with Crippen LogP contribution in [-0.2, 0) is 9.53 Å². The van der Waals surface area contributed by atoms with E-state index in [0.717, 1.165) is 24.9 Å². The molecule has 0 radical (unpaired) electrons. The number of carbonyl (C=O) groups excluding carboxylic acids is 1. The summed E-state index contributed by atoms with van der Waals surface area (Å²) in [6.07, 6.45) is 7.30. The molecule has 0 atom stereocenters. The highest BCUT2D eigenvalue weighted by atomic mass is 16.5. The number of carbonyl (C=O) groups is 1. The van der Waals surface area contributed by atoms with Gasteiger partial charge in [-0.3, -0.25) is 4.79 Å². The van der Waals surface area contributed by atoms with Gasteiger partial charge < -0.3 is 10.1 Å². The van der Waals surface area contributed by atoms with Gasteiger partial charge in [-0.25, -0.2) is 0 Å². The molecule has 0 spiro atoms.